The van der Waals surface area contributed by atoms with E-state index in [1.807, 2.05) is 13.8 Å². The summed E-state index contributed by atoms with van der Waals surface area (Å²) in [4.78, 5) is 2.53. The first kappa shape index (κ1) is 20.3. The Bertz CT molecular complexity index is 586. The van der Waals surface area contributed by atoms with Gasteiger partial charge in [0.2, 0.25) is 10.0 Å². The van der Waals surface area contributed by atoms with Crippen molar-refractivity contribution in [2.45, 2.75) is 70.4 Å². The van der Waals surface area contributed by atoms with Crippen molar-refractivity contribution in [3.8, 4) is 0 Å². The van der Waals surface area contributed by atoms with Crippen LogP contribution in [0.4, 0.5) is 0 Å². The van der Waals surface area contributed by atoms with Gasteiger partial charge in [0.25, 0.3) is 0 Å². The molecule has 2 aliphatic carbocycles. The van der Waals surface area contributed by atoms with Crippen LogP contribution in [0.1, 0.15) is 58.8 Å². The molecular weight excluding hydrogens is 348 g/mol. The Morgan fingerprint density at radius 2 is 2.12 bits per heavy atom. The number of nitrogens with one attached hydrogen (secondary N) is 1. The van der Waals surface area contributed by atoms with Gasteiger partial charge in [-0.1, -0.05) is 38.8 Å². The van der Waals surface area contributed by atoms with E-state index in [4.69, 9.17) is 4.74 Å². The molecule has 0 aromatic heterocycles. The molecule has 1 spiro atoms. The van der Waals surface area contributed by atoms with Gasteiger partial charge >= 0.3 is 0 Å². The number of hydrogen-bond acceptors (Lipinski definition) is 4. The normalized spacial score (nSPS) is 33.8. The van der Waals surface area contributed by atoms with Gasteiger partial charge in [-0.25, -0.2) is 13.1 Å². The van der Waals surface area contributed by atoms with Crippen molar-refractivity contribution < 1.29 is 13.2 Å². The third-order valence-corrected chi connectivity index (χ3v) is 7.78. The number of morpholine rings is 1. The topological polar surface area (TPSA) is 58.6 Å². The van der Waals surface area contributed by atoms with Gasteiger partial charge in [0.1, 0.15) is 0 Å². The van der Waals surface area contributed by atoms with E-state index >= 15 is 0 Å². The number of sulfonamides is 1. The molecule has 3 atom stereocenters. The lowest BCUT2D eigenvalue weighted by molar-refractivity contribution is -0.141. The van der Waals surface area contributed by atoms with Crippen LogP contribution in [0.15, 0.2) is 12.2 Å². The predicted molar refractivity (Wildman–Crippen MR) is 106 cm³/mol. The van der Waals surface area contributed by atoms with Crippen LogP contribution in [0.5, 0.6) is 0 Å². The van der Waals surface area contributed by atoms with Crippen LogP contribution in [0, 0.1) is 11.8 Å². The molecule has 2 fully saturated rings. The minimum absolute atomic E-state index is 0.0888. The average Bonchev–Trinajstić information content (AvgIpc) is 2.57. The van der Waals surface area contributed by atoms with E-state index in [0.29, 0.717) is 6.61 Å². The smallest absolute Gasteiger partial charge is 0.212 e. The van der Waals surface area contributed by atoms with Gasteiger partial charge in [-0.15, -0.1) is 0 Å². The molecule has 1 N–H and O–H groups in total. The van der Waals surface area contributed by atoms with E-state index in [0.717, 1.165) is 51.2 Å². The quantitative estimate of drug-likeness (QED) is 0.716. The first-order valence-corrected chi connectivity index (χ1v) is 12.1. The van der Waals surface area contributed by atoms with Crippen molar-refractivity contribution in [2.75, 3.05) is 32.0 Å². The molecule has 0 radical (unpaired) electrons. The highest BCUT2D eigenvalue weighted by molar-refractivity contribution is 7.89. The minimum atomic E-state index is -3.26. The number of nitrogens with zero attached hydrogens (tertiary/aromatic N) is 1. The summed E-state index contributed by atoms with van der Waals surface area (Å²) in [6.45, 7) is 7.56. The van der Waals surface area contributed by atoms with Crippen molar-refractivity contribution in [3.05, 3.63) is 12.2 Å². The summed E-state index contributed by atoms with van der Waals surface area (Å²) >= 11 is 0. The Morgan fingerprint density at radius 3 is 2.85 bits per heavy atom. The van der Waals surface area contributed by atoms with Crippen LogP contribution in [0.3, 0.4) is 0 Å². The van der Waals surface area contributed by atoms with Crippen LogP contribution in [0.2, 0.25) is 0 Å². The number of allylic oxidation sites excluding steroid dienone is 2. The standard InChI is InChI=1S/C20H36N2O3S/c1-17(2)15-26(23,24)21-19-10-6-7-11-20(19)16-22(12-13-25-20)14-18-8-4-3-5-9-18/h3-4,17-19,21H,5-16H2,1-2H3/t18-,19-,20-/m1/s1. The predicted octanol–water partition coefficient (Wildman–Crippen LogP) is 2.93. The average molecular weight is 385 g/mol. The van der Waals surface area contributed by atoms with Crippen molar-refractivity contribution in [3.63, 3.8) is 0 Å². The second-order valence-electron chi connectivity index (χ2n) is 8.89. The van der Waals surface area contributed by atoms with E-state index in [-0.39, 0.29) is 23.3 Å². The van der Waals surface area contributed by atoms with Gasteiger partial charge < -0.3 is 4.74 Å². The molecule has 0 aromatic carbocycles. The summed E-state index contributed by atoms with van der Waals surface area (Å²) in [5.74, 6) is 1.06. The van der Waals surface area contributed by atoms with Gasteiger partial charge in [0.15, 0.2) is 0 Å². The summed E-state index contributed by atoms with van der Waals surface area (Å²) in [6.07, 6.45) is 12.3. The number of hydrogen-bond donors (Lipinski definition) is 1. The monoisotopic (exact) mass is 384 g/mol. The lowest BCUT2D eigenvalue weighted by Gasteiger charge is -2.50. The van der Waals surface area contributed by atoms with Crippen molar-refractivity contribution in [2.24, 2.45) is 11.8 Å². The first-order chi connectivity index (χ1) is 12.4. The van der Waals surface area contributed by atoms with Crippen molar-refractivity contribution in [1.82, 2.24) is 9.62 Å². The molecule has 0 bridgehead atoms. The molecule has 26 heavy (non-hydrogen) atoms. The maximum atomic E-state index is 12.5. The minimum Gasteiger partial charge on any atom is -0.371 e. The zero-order chi connectivity index (χ0) is 18.6. The molecule has 5 nitrogen and oxygen atoms in total. The second-order valence-corrected chi connectivity index (χ2v) is 10.7. The summed E-state index contributed by atoms with van der Waals surface area (Å²) < 4.78 is 34.4. The van der Waals surface area contributed by atoms with Crippen LogP contribution >= 0.6 is 0 Å². The zero-order valence-corrected chi connectivity index (χ0v) is 17.3. The van der Waals surface area contributed by atoms with Crippen LogP contribution in [0.25, 0.3) is 0 Å². The molecule has 0 aromatic rings. The zero-order valence-electron chi connectivity index (χ0n) is 16.5. The maximum Gasteiger partial charge on any atom is 0.212 e. The molecule has 150 valence electrons. The van der Waals surface area contributed by atoms with E-state index in [2.05, 4.69) is 21.8 Å². The largest absolute Gasteiger partial charge is 0.371 e. The lowest BCUT2D eigenvalue weighted by Crippen LogP contribution is -2.64. The molecule has 0 unspecified atom stereocenters. The van der Waals surface area contributed by atoms with Crippen LogP contribution < -0.4 is 4.72 Å². The summed E-state index contributed by atoms with van der Waals surface area (Å²) in [5.41, 5.74) is -0.342. The third kappa shape index (κ3) is 5.31. The molecule has 1 saturated heterocycles. The maximum absolute atomic E-state index is 12.5. The molecule has 6 heteroatoms. The lowest BCUT2D eigenvalue weighted by atomic mass is 9.79. The third-order valence-electron chi connectivity index (χ3n) is 6.03. The first-order valence-electron chi connectivity index (χ1n) is 10.4. The van der Waals surface area contributed by atoms with Gasteiger partial charge in [-0.3, -0.25) is 4.90 Å². The van der Waals surface area contributed by atoms with Gasteiger partial charge in [0.05, 0.1) is 24.0 Å². The highest BCUT2D eigenvalue weighted by Crippen LogP contribution is 2.36. The van der Waals surface area contributed by atoms with E-state index in [1.165, 1.54) is 19.3 Å². The van der Waals surface area contributed by atoms with E-state index in [9.17, 15) is 8.42 Å². The summed E-state index contributed by atoms with van der Waals surface area (Å²) in [5, 5.41) is 0. The Kier molecular flexibility index (Phi) is 6.81. The van der Waals surface area contributed by atoms with Crippen LogP contribution in [-0.4, -0.2) is 57.0 Å². The Labute approximate surface area is 159 Å². The van der Waals surface area contributed by atoms with E-state index < -0.39 is 10.0 Å². The van der Waals surface area contributed by atoms with Crippen LogP contribution in [-0.2, 0) is 14.8 Å². The SMILES string of the molecule is CC(C)CS(=O)(=O)N[C@@H]1CCCC[C@@]12CN(C[C@@H]1CC=CCC1)CCO2. The molecular formula is C20H36N2O3S. The van der Waals surface area contributed by atoms with E-state index in [1.54, 1.807) is 0 Å². The highest BCUT2D eigenvalue weighted by atomic mass is 32.2. The summed E-state index contributed by atoms with van der Waals surface area (Å²) in [7, 11) is -3.26. The number of rotatable bonds is 6. The summed E-state index contributed by atoms with van der Waals surface area (Å²) in [6, 6.07) is -0.0888. The molecule has 1 saturated carbocycles. The molecule has 0 amide bonds. The van der Waals surface area contributed by atoms with Gasteiger partial charge in [-0.05, 0) is 43.9 Å². The molecule has 3 rings (SSSR count). The fourth-order valence-corrected chi connectivity index (χ4v) is 6.61. The Morgan fingerprint density at radius 1 is 1.27 bits per heavy atom. The molecule has 1 heterocycles. The Balaban J connectivity index is 1.67. The highest BCUT2D eigenvalue weighted by Gasteiger charge is 2.46. The fourth-order valence-electron chi connectivity index (χ4n) is 4.87. The fraction of sp³-hybridized carbons (Fsp3) is 0.900. The molecule has 1 aliphatic heterocycles. The Hall–Kier alpha value is -0.430. The van der Waals surface area contributed by atoms with Gasteiger partial charge in [-0.2, -0.15) is 0 Å². The van der Waals surface area contributed by atoms with Crippen molar-refractivity contribution >= 4 is 10.0 Å². The van der Waals surface area contributed by atoms with Crippen molar-refractivity contribution in [1.29, 1.82) is 0 Å². The second kappa shape index (κ2) is 8.72. The number of ether oxygens (including phenoxy) is 1. The van der Waals surface area contributed by atoms with Gasteiger partial charge in [0, 0.05) is 19.6 Å². The molecule has 3 aliphatic rings.